The van der Waals surface area contributed by atoms with Gasteiger partial charge in [-0.2, -0.15) is 10.1 Å². The van der Waals surface area contributed by atoms with Crippen LogP contribution < -0.4 is 5.32 Å². The maximum absolute atomic E-state index is 14.8. The first-order valence-corrected chi connectivity index (χ1v) is 9.93. The molecule has 1 aliphatic rings. The predicted molar refractivity (Wildman–Crippen MR) is 106 cm³/mol. The molecule has 4 heterocycles. The van der Waals surface area contributed by atoms with Crippen LogP contribution >= 0.6 is 0 Å². The first-order chi connectivity index (χ1) is 14.5. The largest absolute Gasteiger partial charge is 0.351 e. The number of fused-ring (bicyclic) bond motifs is 2. The van der Waals surface area contributed by atoms with Crippen LogP contribution in [0.5, 0.6) is 0 Å². The molecule has 30 heavy (non-hydrogen) atoms. The van der Waals surface area contributed by atoms with Gasteiger partial charge in [-0.05, 0) is 25.0 Å². The second kappa shape index (κ2) is 7.26. The van der Waals surface area contributed by atoms with E-state index in [2.05, 4.69) is 30.4 Å². The predicted octanol–water partition coefficient (Wildman–Crippen LogP) is 4.69. The minimum atomic E-state index is -2.68. The van der Waals surface area contributed by atoms with E-state index in [4.69, 9.17) is 0 Å². The fourth-order valence-corrected chi connectivity index (χ4v) is 3.99. The van der Waals surface area contributed by atoms with Gasteiger partial charge in [-0.15, -0.1) is 0 Å². The van der Waals surface area contributed by atoms with Crippen LogP contribution in [0.15, 0.2) is 30.7 Å². The highest BCUT2D eigenvalue weighted by atomic mass is 19.3. The summed E-state index contributed by atoms with van der Waals surface area (Å²) in [5.74, 6) is 0.344. The Morgan fingerprint density at radius 3 is 2.77 bits per heavy atom. The first-order valence-electron chi connectivity index (χ1n) is 9.93. The molecule has 0 aromatic carbocycles. The van der Waals surface area contributed by atoms with Crippen molar-refractivity contribution < 1.29 is 13.2 Å². The number of nitrogens with zero attached hydrogens (tertiary/aromatic N) is 5. The number of nitrogens with one attached hydrogen (secondary N) is 2. The number of H-pyrrole nitrogens is 1. The normalized spacial score (nSPS) is 16.5. The summed E-state index contributed by atoms with van der Waals surface area (Å²) in [4.78, 5) is 15.7. The second-order valence-electron chi connectivity index (χ2n) is 7.70. The highest BCUT2D eigenvalue weighted by molar-refractivity contribution is 5.92. The molecule has 0 aliphatic heterocycles. The lowest BCUT2D eigenvalue weighted by atomic mass is 9.86. The van der Waals surface area contributed by atoms with Gasteiger partial charge in [-0.1, -0.05) is 19.3 Å². The molecule has 0 bridgehead atoms. The van der Waals surface area contributed by atoms with E-state index in [1.54, 1.807) is 24.5 Å². The average Bonchev–Trinajstić information content (AvgIpc) is 3.36. The number of imidazole rings is 1. The van der Waals surface area contributed by atoms with Crippen LogP contribution in [0, 0.1) is 0 Å². The van der Waals surface area contributed by atoms with Crippen LogP contribution in [0.3, 0.4) is 0 Å². The third-order valence-electron chi connectivity index (χ3n) is 5.63. The zero-order valence-electron chi connectivity index (χ0n) is 16.1. The minimum absolute atomic E-state index is 0.182. The lowest BCUT2D eigenvalue weighted by Crippen LogP contribution is -2.34. The zero-order chi connectivity index (χ0) is 20.7. The van der Waals surface area contributed by atoms with E-state index >= 15 is 0 Å². The molecule has 4 aromatic heterocycles. The van der Waals surface area contributed by atoms with Gasteiger partial charge in [0.2, 0.25) is 5.95 Å². The quantitative estimate of drug-likeness (QED) is 0.494. The Hall–Kier alpha value is -3.17. The maximum atomic E-state index is 14.8. The molecule has 0 amide bonds. The second-order valence-corrected chi connectivity index (χ2v) is 7.70. The van der Waals surface area contributed by atoms with Crippen LogP contribution in [0.4, 0.5) is 19.1 Å². The standard InChI is InChI=1S/C20H20F3N7/c21-17(22)15-10-24-16-5-4-14(29-30(15)16)12-8-25-18-13(12)9-26-19(28-18)27-11-20(23)6-2-1-3-7-20/h4-5,8-10,17H,1-3,6-7,11H2,(H2,25,26,27,28). The third-order valence-corrected chi connectivity index (χ3v) is 5.63. The Bertz CT molecular complexity index is 1190. The molecule has 0 spiro atoms. The van der Waals surface area contributed by atoms with Crippen molar-refractivity contribution >= 4 is 22.6 Å². The first kappa shape index (κ1) is 18.8. The summed E-state index contributed by atoms with van der Waals surface area (Å²) < 4.78 is 42.3. The number of hydrogen-bond acceptors (Lipinski definition) is 5. The van der Waals surface area contributed by atoms with Gasteiger partial charge in [0, 0.05) is 23.3 Å². The Balaban J connectivity index is 1.42. The molecular weight excluding hydrogens is 395 g/mol. The van der Waals surface area contributed by atoms with Crippen molar-refractivity contribution in [2.45, 2.75) is 44.2 Å². The Kier molecular flexibility index (Phi) is 4.56. The molecule has 4 aromatic rings. The van der Waals surface area contributed by atoms with Gasteiger partial charge in [0.1, 0.15) is 17.0 Å². The number of hydrogen-bond donors (Lipinski definition) is 2. The van der Waals surface area contributed by atoms with E-state index in [-0.39, 0.29) is 12.2 Å². The average molecular weight is 415 g/mol. The molecule has 1 saturated carbocycles. The van der Waals surface area contributed by atoms with Gasteiger partial charge < -0.3 is 10.3 Å². The van der Waals surface area contributed by atoms with Gasteiger partial charge in [0.05, 0.1) is 18.4 Å². The van der Waals surface area contributed by atoms with Gasteiger partial charge in [0.25, 0.3) is 6.43 Å². The van der Waals surface area contributed by atoms with Gasteiger partial charge in [-0.3, -0.25) is 0 Å². The van der Waals surface area contributed by atoms with E-state index in [0.29, 0.717) is 46.7 Å². The topological polar surface area (TPSA) is 83.8 Å². The van der Waals surface area contributed by atoms with Crippen molar-refractivity contribution in [2.24, 2.45) is 0 Å². The lowest BCUT2D eigenvalue weighted by Gasteiger charge is -2.29. The summed E-state index contributed by atoms with van der Waals surface area (Å²) in [5, 5.41) is 8.01. The summed E-state index contributed by atoms with van der Waals surface area (Å²) >= 11 is 0. The molecule has 5 rings (SSSR count). The highest BCUT2D eigenvalue weighted by Crippen LogP contribution is 2.32. The lowest BCUT2D eigenvalue weighted by molar-refractivity contribution is 0.122. The SMILES string of the molecule is FC(F)c1cnc2ccc(-c3c[nH]c4nc(NCC5(F)CCCCC5)ncc34)nn12. The van der Waals surface area contributed by atoms with Crippen molar-refractivity contribution in [3.05, 3.63) is 36.4 Å². The molecule has 1 aliphatic carbocycles. The number of alkyl halides is 3. The van der Waals surface area contributed by atoms with Crippen LogP contribution in [-0.4, -0.2) is 41.8 Å². The Labute approximate surface area is 169 Å². The number of rotatable bonds is 5. The van der Waals surface area contributed by atoms with Gasteiger partial charge in [-0.25, -0.2) is 27.7 Å². The molecule has 0 radical (unpaired) electrons. The minimum Gasteiger partial charge on any atom is -0.351 e. The van der Waals surface area contributed by atoms with E-state index in [1.807, 2.05) is 0 Å². The number of halogens is 3. The van der Waals surface area contributed by atoms with Crippen LogP contribution in [0.25, 0.3) is 27.9 Å². The Morgan fingerprint density at radius 2 is 1.97 bits per heavy atom. The molecule has 2 N–H and O–H groups in total. The third kappa shape index (κ3) is 3.35. The fourth-order valence-electron chi connectivity index (χ4n) is 3.99. The van der Waals surface area contributed by atoms with Crippen molar-refractivity contribution in [3.63, 3.8) is 0 Å². The monoisotopic (exact) mass is 415 g/mol. The molecule has 0 saturated heterocycles. The molecule has 0 atom stereocenters. The summed E-state index contributed by atoms with van der Waals surface area (Å²) in [6, 6.07) is 3.34. The zero-order valence-corrected chi connectivity index (χ0v) is 16.1. The molecule has 156 valence electrons. The highest BCUT2D eigenvalue weighted by Gasteiger charge is 2.31. The molecular formula is C20H20F3N7. The number of aromatic nitrogens is 6. The van der Waals surface area contributed by atoms with Crippen molar-refractivity contribution in [3.8, 4) is 11.3 Å². The summed E-state index contributed by atoms with van der Waals surface area (Å²) in [6.07, 6.45) is 5.76. The Morgan fingerprint density at radius 1 is 1.13 bits per heavy atom. The van der Waals surface area contributed by atoms with Crippen molar-refractivity contribution in [1.29, 1.82) is 0 Å². The van der Waals surface area contributed by atoms with E-state index in [1.165, 1.54) is 0 Å². The van der Waals surface area contributed by atoms with Gasteiger partial charge in [0.15, 0.2) is 5.65 Å². The summed E-state index contributed by atoms with van der Waals surface area (Å²) in [6.45, 7) is 0.182. The molecule has 7 nitrogen and oxygen atoms in total. The van der Waals surface area contributed by atoms with Crippen LogP contribution in [0.1, 0.15) is 44.2 Å². The fraction of sp³-hybridized carbons (Fsp3) is 0.400. The van der Waals surface area contributed by atoms with Crippen molar-refractivity contribution in [2.75, 3.05) is 11.9 Å². The smallest absolute Gasteiger partial charge is 0.282 e. The van der Waals surface area contributed by atoms with Crippen LogP contribution in [0.2, 0.25) is 0 Å². The maximum Gasteiger partial charge on any atom is 0.282 e. The number of anilines is 1. The summed E-state index contributed by atoms with van der Waals surface area (Å²) in [5.41, 5.74) is 0.589. The van der Waals surface area contributed by atoms with E-state index < -0.39 is 12.1 Å². The molecule has 10 heteroatoms. The van der Waals surface area contributed by atoms with Crippen molar-refractivity contribution in [1.82, 2.24) is 29.5 Å². The molecule has 1 fully saturated rings. The van der Waals surface area contributed by atoms with Crippen LogP contribution in [-0.2, 0) is 0 Å². The number of aromatic amines is 1. The van der Waals surface area contributed by atoms with Gasteiger partial charge >= 0.3 is 0 Å². The van der Waals surface area contributed by atoms with E-state index in [0.717, 1.165) is 30.0 Å². The van der Waals surface area contributed by atoms with E-state index in [9.17, 15) is 13.2 Å². The summed E-state index contributed by atoms with van der Waals surface area (Å²) in [7, 11) is 0. The molecule has 0 unspecified atom stereocenters.